The number of carboxylic acid groups (broad SMARTS) is 1. The molecule has 0 aromatic heterocycles. The Hall–Kier alpha value is -2.96. The van der Waals surface area contributed by atoms with Crippen molar-refractivity contribution in [2.24, 2.45) is 5.92 Å². The molecule has 0 radical (unpaired) electrons. The second-order valence-corrected chi connectivity index (χ2v) is 5.40. The summed E-state index contributed by atoms with van der Waals surface area (Å²) in [5, 5.41) is 20.3. The minimum atomic E-state index is -4.93. The third-order valence-electron chi connectivity index (χ3n) is 3.71. The van der Waals surface area contributed by atoms with Gasteiger partial charge < -0.3 is 20.1 Å². The Bertz CT molecular complexity index is 707. The number of halogens is 3. The van der Waals surface area contributed by atoms with Crippen molar-refractivity contribution in [3.8, 4) is 11.8 Å². The Morgan fingerprint density at radius 3 is 2.48 bits per heavy atom. The summed E-state index contributed by atoms with van der Waals surface area (Å²) in [4.78, 5) is 24.4. The smallest absolute Gasteiger partial charge is 0.481 e. The molecule has 1 aromatic carbocycles. The van der Waals surface area contributed by atoms with Crippen molar-refractivity contribution in [2.75, 3.05) is 18.4 Å². The molecule has 0 atom stereocenters. The summed E-state index contributed by atoms with van der Waals surface area (Å²) in [6.45, 7) is 0.506. The molecule has 0 spiro atoms. The Kier molecular flexibility index (Phi) is 5.36. The summed E-state index contributed by atoms with van der Waals surface area (Å²) >= 11 is 0. The van der Waals surface area contributed by atoms with Crippen LogP contribution in [0.15, 0.2) is 18.2 Å². The molecule has 10 heteroatoms. The first-order valence-corrected chi connectivity index (χ1v) is 7.28. The first kappa shape index (κ1) is 18.4. The molecular weight excluding hydrogens is 343 g/mol. The molecule has 0 bridgehead atoms. The van der Waals surface area contributed by atoms with E-state index in [0.717, 1.165) is 12.1 Å². The maximum atomic E-state index is 12.2. The number of nitrogens with one attached hydrogen (secondary N) is 1. The normalized spacial score (nSPS) is 15.4. The molecule has 1 fully saturated rings. The van der Waals surface area contributed by atoms with E-state index in [9.17, 15) is 22.8 Å². The summed E-state index contributed by atoms with van der Waals surface area (Å²) < 4.78 is 40.5. The van der Waals surface area contributed by atoms with E-state index >= 15 is 0 Å². The van der Waals surface area contributed by atoms with Crippen molar-refractivity contribution in [3.05, 3.63) is 23.8 Å². The standard InChI is InChI=1S/C15H14F3N3O4/c16-15(17,18)25-12-2-1-11(7-10(12)8-19)20-14(24)21-5-3-9(4-6-21)13(22)23/h1-2,7,9H,3-6H2,(H,20,24)(H,22,23). The number of aliphatic carboxylic acids is 1. The Morgan fingerprint density at radius 2 is 1.96 bits per heavy atom. The van der Waals surface area contributed by atoms with Crippen LogP contribution in [0.1, 0.15) is 18.4 Å². The van der Waals surface area contributed by atoms with Crippen LogP contribution in [0.4, 0.5) is 23.7 Å². The number of rotatable bonds is 3. The number of urea groups is 1. The molecule has 134 valence electrons. The Balaban J connectivity index is 2.02. The molecule has 1 heterocycles. The van der Waals surface area contributed by atoms with Gasteiger partial charge in [0.2, 0.25) is 0 Å². The van der Waals surface area contributed by atoms with Crippen LogP contribution in [-0.2, 0) is 4.79 Å². The van der Waals surface area contributed by atoms with E-state index in [1.807, 2.05) is 0 Å². The van der Waals surface area contributed by atoms with Crippen molar-refractivity contribution in [3.63, 3.8) is 0 Å². The lowest BCUT2D eigenvalue weighted by atomic mass is 9.97. The Labute approximate surface area is 140 Å². The first-order valence-electron chi connectivity index (χ1n) is 7.28. The largest absolute Gasteiger partial charge is 0.573 e. The zero-order chi connectivity index (χ0) is 18.6. The second-order valence-electron chi connectivity index (χ2n) is 5.40. The van der Waals surface area contributed by atoms with Crippen LogP contribution in [0.3, 0.4) is 0 Å². The zero-order valence-electron chi connectivity index (χ0n) is 12.8. The van der Waals surface area contributed by atoms with E-state index in [1.165, 1.54) is 11.0 Å². The number of alkyl halides is 3. The van der Waals surface area contributed by atoms with Gasteiger partial charge in [0.05, 0.1) is 11.5 Å². The fourth-order valence-electron chi connectivity index (χ4n) is 2.44. The topological polar surface area (TPSA) is 103 Å². The van der Waals surface area contributed by atoms with E-state index < -0.39 is 30.0 Å². The highest BCUT2D eigenvalue weighted by molar-refractivity contribution is 5.90. The Morgan fingerprint density at radius 1 is 1.32 bits per heavy atom. The lowest BCUT2D eigenvalue weighted by Crippen LogP contribution is -2.42. The number of piperidine rings is 1. The monoisotopic (exact) mass is 357 g/mol. The molecule has 25 heavy (non-hydrogen) atoms. The van der Waals surface area contributed by atoms with E-state index in [1.54, 1.807) is 6.07 Å². The van der Waals surface area contributed by atoms with Crippen LogP contribution < -0.4 is 10.1 Å². The number of hydrogen-bond acceptors (Lipinski definition) is 4. The van der Waals surface area contributed by atoms with Crippen LogP contribution in [0, 0.1) is 17.2 Å². The van der Waals surface area contributed by atoms with Gasteiger partial charge in [-0.1, -0.05) is 0 Å². The predicted molar refractivity (Wildman–Crippen MR) is 78.8 cm³/mol. The van der Waals surface area contributed by atoms with Crippen LogP contribution in [0.2, 0.25) is 0 Å². The highest BCUT2D eigenvalue weighted by atomic mass is 19.4. The van der Waals surface area contributed by atoms with Crippen LogP contribution >= 0.6 is 0 Å². The average molecular weight is 357 g/mol. The van der Waals surface area contributed by atoms with Gasteiger partial charge in [-0.15, -0.1) is 13.2 Å². The fraction of sp³-hybridized carbons (Fsp3) is 0.400. The molecule has 1 aliphatic heterocycles. The SMILES string of the molecule is N#Cc1cc(NC(=O)N2CCC(C(=O)O)CC2)ccc1OC(F)(F)F. The van der Waals surface area contributed by atoms with Crippen molar-refractivity contribution in [1.82, 2.24) is 4.90 Å². The molecule has 0 unspecified atom stereocenters. The molecule has 2 rings (SSSR count). The van der Waals surface area contributed by atoms with Gasteiger partial charge in [-0.3, -0.25) is 4.79 Å². The van der Waals surface area contributed by atoms with Crippen molar-refractivity contribution in [1.29, 1.82) is 5.26 Å². The van der Waals surface area contributed by atoms with Crippen molar-refractivity contribution in [2.45, 2.75) is 19.2 Å². The minimum absolute atomic E-state index is 0.136. The van der Waals surface area contributed by atoms with E-state index in [4.69, 9.17) is 10.4 Å². The number of benzene rings is 1. The molecule has 1 aromatic rings. The number of nitriles is 1. The molecule has 2 amide bonds. The molecule has 0 aliphatic carbocycles. The van der Waals surface area contributed by atoms with E-state index in [0.29, 0.717) is 12.8 Å². The number of carbonyl (C=O) groups excluding carboxylic acids is 1. The van der Waals surface area contributed by atoms with Crippen LogP contribution in [0.25, 0.3) is 0 Å². The van der Waals surface area contributed by atoms with Gasteiger partial charge in [-0.05, 0) is 31.0 Å². The number of carbonyl (C=O) groups is 2. The van der Waals surface area contributed by atoms with Crippen LogP contribution in [-0.4, -0.2) is 41.5 Å². The quantitative estimate of drug-likeness (QED) is 0.866. The maximum Gasteiger partial charge on any atom is 0.573 e. The van der Waals surface area contributed by atoms with Gasteiger partial charge >= 0.3 is 18.4 Å². The summed E-state index contributed by atoms with van der Waals surface area (Å²) in [6.07, 6.45) is -4.28. The number of anilines is 1. The molecular formula is C15H14F3N3O4. The first-order chi connectivity index (χ1) is 11.7. The molecule has 0 saturated carbocycles. The summed E-state index contributed by atoms with van der Waals surface area (Å²) in [5.74, 6) is -2.05. The molecule has 7 nitrogen and oxygen atoms in total. The highest BCUT2D eigenvalue weighted by Gasteiger charge is 2.32. The molecule has 1 saturated heterocycles. The van der Waals surface area contributed by atoms with E-state index in [2.05, 4.69) is 10.1 Å². The summed E-state index contributed by atoms with van der Waals surface area (Å²) in [5.41, 5.74) is -0.240. The maximum absolute atomic E-state index is 12.2. The van der Waals surface area contributed by atoms with Gasteiger partial charge in [-0.2, -0.15) is 5.26 Å². The molecule has 2 N–H and O–H groups in total. The number of carboxylic acids is 1. The predicted octanol–water partition coefficient (Wildman–Crippen LogP) is 2.79. The molecule has 1 aliphatic rings. The number of nitrogens with zero attached hydrogens (tertiary/aromatic N) is 2. The second kappa shape index (κ2) is 7.29. The summed E-state index contributed by atoms with van der Waals surface area (Å²) in [7, 11) is 0. The third-order valence-corrected chi connectivity index (χ3v) is 3.71. The van der Waals surface area contributed by atoms with Gasteiger partial charge in [0.15, 0.2) is 0 Å². The average Bonchev–Trinajstić information content (AvgIpc) is 2.55. The van der Waals surface area contributed by atoms with Gasteiger partial charge in [0.1, 0.15) is 11.8 Å². The summed E-state index contributed by atoms with van der Waals surface area (Å²) in [6, 6.07) is 4.26. The lowest BCUT2D eigenvalue weighted by Gasteiger charge is -2.30. The van der Waals surface area contributed by atoms with E-state index in [-0.39, 0.29) is 24.3 Å². The lowest BCUT2D eigenvalue weighted by molar-refractivity contribution is -0.274. The minimum Gasteiger partial charge on any atom is -0.481 e. The van der Waals surface area contributed by atoms with Gasteiger partial charge in [0.25, 0.3) is 0 Å². The number of likely N-dealkylation sites (tertiary alicyclic amines) is 1. The third kappa shape index (κ3) is 5.00. The number of hydrogen-bond donors (Lipinski definition) is 2. The van der Waals surface area contributed by atoms with Gasteiger partial charge in [-0.25, -0.2) is 4.79 Å². The number of amides is 2. The van der Waals surface area contributed by atoms with Crippen molar-refractivity contribution >= 4 is 17.7 Å². The van der Waals surface area contributed by atoms with Crippen molar-refractivity contribution < 1.29 is 32.6 Å². The van der Waals surface area contributed by atoms with Gasteiger partial charge in [0, 0.05) is 18.8 Å². The zero-order valence-corrected chi connectivity index (χ0v) is 12.8. The fourth-order valence-corrected chi connectivity index (χ4v) is 2.44. The van der Waals surface area contributed by atoms with Crippen LogP contribution in [0.5, 0.6) is 5.75 Å². The number of ether oxygens (including phenoxy) is 1. The highest BCUT2D eigenvalue weighted by Crippen LogP contribution is 2.28.